The van der Waals surface area contributed by atoms with Crippen molar-refractivity contribution in [3.8, 4) is 11.4 Å². The normalized spacial score (nSPS) is 14.2. The molecule has 4 heterocycles. The Kier molecular flexibility index (Phi) is 5.44. The fraction of sp³-hybridized carbons (Fsp3) is 0.304. The molecule has 3 aromatic heterocycles. The highest BCUT2D eigenvalue weighted by molar-refractivity contribution is 5.92. The molecular weight excluding hydrogens is 434 g/mol. The molecule has 1 amide bonds. The van der Waals surface area contributed by atoms with Gasteiger partial charge in [-0.05, 0) is 56.2 Å². The van der Waals surface area contributed by atoms with Gasteiger partial charge in [0.25, 0.3) is 0 Å². The summed E-state index contributed by atoms with van der Waals surface area (Å²) >= 11 is 0. The van der Waals surface area contributed by atoms with E-state index in [9.17, 15) is 4.79 Å². The van der Waals surface area contributed by atoms with Gasteiger partial charge in [-0.25, -0.2) is 14.8 Å². The van der Waals surface area contributed by atoms with Gasteiger partial charge in [-0.2, -0.15) is 5.21 Å². The summed E-state index contributed by atoms with van der Waals surface area (Å²) in [6.07, 6.45) is 4.00. The van der Waals surface area contributed by atoms with Crippen molar-refractivity contribution in [3.63, 3.8) is 0 Å². The Labute approximate surface area is 195 Å². The summed E-state index contributed by atoms with van der Waals surface area (Å²) in [7, 11) is 0. The summed E-state index contributed by atoms with van der Waals surface area (Å²) in [6, 6.07) is 9.74. The van der Waals surface area contributed by atoms with Gasteiger partial charge in [0.05, 0.1) is 5.39 Å². The lowest BCUT2D eigenvalue weighted by atomic mass is 10.1. The molecule has 0 unspecified atom stereocenters. The lowest BCUT2D eigenvalue weighted by Gasteiger charge is -2.29. The number of H-pyrrole nitrogens is 2. The molecule has 11 nitrogen and oxygen atoms in total. The minimum Gasteiger partial charge on any atom is -0.444 e. The third-order valence-corrected chi connectivity index (χ3v) is 5.36. The molecular formula is C23H25N9O2. The van der Waals surface area contributed by atoms with Crippen LogP contribution in [0.25, 0.3) is 28.0 Å². The second-order valence-electron chi connectivity index (χ2n) is 9.01. The molecule has 0 spiro atoms. The van der Waals surface area contributed by atoms with Gasteiger partial charge in [-0.1, -0.05) is 18.2 Å². The van der Waals surface area contributed by atoms with E-state index in [1.807, 2.05) is 57.2 Å². The largest absolute Gasteiger partial charge is 0.444 e. The number of tetrazole rings is 1. The number of aromatic amines is 2. The van der Waals surface area contributed by atoms with Gasteiger partial charge in [0.1, 0.15) is 23.4 Å². The van der Waals surface area contributed by atoms with Crippen molar-refractivity contribution in [2.75, 3.05) is 18.4 Å². The number of hydrogen-bond donors (Lipinski definition) is 3. The Morgan fingerprint density at radius 1 is 1.21 bits per heavy atom. The number of aromatic nitrogens is 7. The first kappa shape index (κ1) is 21.6. The van der Waals surface area contributed by atoms with Crippen LogP contribution in [-0.4, -0.2) is 65.3 Å². The molecule has 1 aliphatic heterocycles. The van der Waals surface area contributed by atoms with E-state index in [2.05, 4.69) is 40.9 Å². The number of rotatable bonds is 4. The fourth-order valence-electron chi connectivity index (χ4n) is 3.78. The fourth-order valence-corrected chi connectivity index (χ4v) is 3.78. The van der Waals surface area contributed by atoms with Crippen LogP contribution in [0.3, 0.4) is 0 Å². The second-order valence-corrected chi connectivity index (χ2v) is 9.01. The quantitative estimate of drug-likeness (QED) is 0.418. The molecule has 0 atom stereocenters. The first-order chi connectivity index (χ1) is 16.4. The summed E-state index contributed by atoms with van der Waals surface area (Å²) < 4.78 is 5.48. The van der Waals surface area contributed by atoms with Crippen LogP contribution in [0, 0.1) is 0 Å². The van der Waals surface area contributed by atoms with E-state index in [4.69, 9.17) is 4.74 Å². The summed E-state index contributed by atoms with van der Waals surface area (Å²) in [6.45, 7) is 6.70. The lowest BCUT2D eigenvalue weighted by molar-refractivity contribution is 0.0270. The van der Waals surface area contributed by atoms with Crippen molar-refractivity contribution in [1.82, 2.24) is 40.5 Å². The molecule has 0 saturated carbocycles. The Morgan fingerprint density at radius 2 is 2.09 bits per heavy atom. The minimum absolute atomic E-state index is 0.292. The third-order valence-electron chi connectivity index (χ3n) is 5.36. The molecule has 174 valence electrons. The number of fused-ring (bicyclic) bond motifs is 1. The van der Waals surface area contributed by atoms with Crippen LogP contribution in [0.15, 0.2) is 42.7 Å². The Bertz CT molecular complexity index is 1350. The molecule has 0 radical (unpaired) electrons. The first-order valence-corrected chi connectivity index (χ1v) is 11.0. The molecule has 34 heavy (non-hydrogen) atoms. The zero-order valence-electron chi connectivity index (χ0n) is 19.2. The number of nitrogens with one attached hydrogen (secondary N) is 3. The number of ether oxygens (including phenoxy) is 1. The number of amides is 1. The predicted octanol–water partition coefficient (Wildman–Crippen LogP) is 3.91. The van der Waals surface area contributed by atoms with Gasteiger partial charge in [0.2, 0.25) is 5.82 Å². The van der Waals surface area contributed by atoms with Crippen LogP contribution in [-0.2, 0) is 4.74 Å². The zero-order chi connectivity index (χ0) is 23.7. The molecule has 11 heteroatoms. The van der Waals surface area contributed by atoms with Crippen LogP contribution in [0.4, 0.5) is 16.3 Å². The predicted molar refractivity (Wildman–Crippen MR) is 127 cm³/mol. The van der Waals surface area contributed by atoms with Gasteiger partial charge >= 0.3 is 6.09 Å². The van der Waals surface area contributed by atoms with E-state index < -0.39 is 5.60 Å². The maximum atomic E-state index is 12.3. The van der Waals surface area contributed by atoms with E-state index in [0.717, 1.165) is 40.0 Å². The van der Waals surface area contributed by atoms with Crippen molar-refractivity contribution in [2.24, 2.45) is 0 Å². The molecule has 0 bridgehead atoms. The van der Waals surface area contributed by atoms with Crippen molar-refractivity contribution in [2.45, 2.75) is 32.8 Å². The number of anilines is 2. The maximum absolute atomic E-state index is 12.3. The lowest BCUT2D eigenvalue weighted by Crippen LogP contribution is -2.39. The summed E-state index contributed by atoms with van der Waals surface area (Å²) in [5, 5.41) is 18.4. The SMILES string of the molecule is CC(C)(C)OC(=O)N1CC=C(c2cc3c(Nc4cccc(-c5nn[nH]n5)c4)ncnc3[nH]2)CC1. The zero-order valence-corrected chi connectivity index (χ0v) is 19.2. The van der Waals surface area contributed by atoms with Crippen molar-refractivity contribution >= 4 is 34.2 Å². The maximum Gasteiger partial charge on any atom is 0.410 e. The van der Waals surface area contributed by atoms with Crippen molar-refractivity contribution in [3.05, 3.63) is 48.4 Å². The average molecular weight is 460 g/mol. The first-order valence-electron chi connectivity index (χ1n) is 11.0. The Morgan fingerprint density at radius 3 is 2.82 bits per heavy atom. The van der Waals surface area contributed by atoms with Crippen LogP contribution >= 0.6 is 0 Å². The Hall–Kier alpha value is -4.28. The molecule has 3 N–H and O–H groups in total. The van der Waals surface area contributed by atoms with Crippen LogP contribution in [0.5, 0.6) is 0 Å². The van der Waals surface area contributed by atoms with E-state index >= 15 is 0 Å². The topological polar surface area (TPSA) is 138 Å². The number of carbonyl (C=O) groups is 1. The average Bonchev–Trinajstić information content (AvgIpc) is 3.49. The number of hydrogen-bond acceptors (Lipinski definition) is 8. The molecule has 1 aromatic carbocycles. The smallest absolute Gasteiger partial charge is 0.410 e. The molecule has 0 aliphatic carbocycles. The van der Waals surface area contributed by atoms with Gasteiger partial charge in [-0.15, -0.1) is 10.2 Å². The monoisotopic (exact) mass is 459 g/mol. The highest BCUT2D eigenvalue weighted by Crippen LogP contribution is 2.30. The Balaban J connectivity index is 1.36. The summed E-state index contributed by atoms with van der Waals surface area (Å²) in [5.74, 6) is 1.20. The van der Waals surface area contributed by atoms with Crippen LogP contribution in [0.1, 0.15) is 32.9 Å². The van der Waals surface area contributed by atoms with Crippen LogP contribution in [0.2, 0.25) is 0 Å². The van der Waals surface area contributed by atoms with Gasteiger partial charge in [0.15, 0.2) is 0 Å². The molecule has 0 fully saturated rings. The summed E-state index contributed by atoms with van der Waals surface area (Å²) in [4.78, 5) is 26.3. The van der Waals surface area contributed by atoms with Crippen LogP contribution < -0.4 is 5.32 Å². The molecule has 1 aliphatic rings. The highest BCUT2D eigenvalue weighted by atomic mass is 16.6. The molecule has 4 aromatic rings. The van der Waals surface area contributed by atoms with E-state index in [1.165, 1.54) is 6.33 Å². The van der Waals surface area contributed by atoms with E-state index in [0.29, 0.717) is 24.7 Å². The van der Waals surface area contributed by atoms with Crippen molar-refractivity contribution < 1.29 is 9.53 Å². The van der Waals surface area contributed by atoms with Gasteiger partial charge < -0.3 is 19.9 Å². The highest BCUT2D eigenvalue weighted by Gasteiger charge is 2.24. The minimum atomic E-state index is -0.509. The number of benzene rings is 1. The van der Waals surface area contributed by atoms with E-state index in [-0.39, 0.29) is 6.09 Å². The third kappa shape index (κ3) is 4.58. The van der Waals surface area contributed by atoms with E-state index in [1.54, 1.807) is 4.90 Å². The van der Waals surface area contributed by atoms with Gasteiger partial charge in [-0.3, -0.25) is 0 Å². The second kappa shape index (κ2) is 8.58. The molecule has 5 rings (SSSR count). The number of carbonyl (C=O) groups excluding carboxylic acids is 1. The summed E-state index contributed by atoms with van der Waals surface area (Å²) in [5.41, 5.74) is 3.99. The van der Waals surface area contributed by atoms with Crippen molar-refractivity contribution in [1.29, 1.82) is 0 Å². The number of nitrogens with zero attached hydrogens (tertiary/aromatic N) is 6. The van der Waals surface area contributed by atoms with Gasteiger partial charge in [0, 0.05) is 30.0 Å². The molecule has 0 saturated heterocycles. The standard InChI is InChI=1S/C23H25N9O2/c1-23(2,3)34-22(33)32-9-7-14(8-10-32)18-12-17-20(24-13-25-21(17)27-18)26-16-6-4-5-15(11-16)19-28-30-31-29-19/h4-7,11-13H,8-10H2,1-3H3,(H2,24,25,26,27)(H,28,29,30,31).